The fourth-order valence-corrected chi connectivity index (χ4v) is 2.97. The zero-order chi connectivity index (χ0) is 11.0. The van der Waals surface area contributed by atoms with Crippen molar-refractivity contribution in [2.24, 2.45) is 5.73 Å². The van der Waals surface area contributed by atoms with Gasteiger partial charge in [0, 0.05) is 18.3 Å². The Kier molecular flexibility index (Phi) is 2.60. The third-order valence-electron chi connectivity index (χ3n) is 3.92. The van der Waals surface area contributed by atoms with Crippen LogP contribution in [-0.2, 0) is 12.8 Å². The molecule has 1 atom stereocenters. The maximum Gasteiger partial charge on any atom is 0.0391 e. The van der Waals surface area contributed by atoms with Crippen molar-refractivity contribution in [3.05, 3.63) is 28.8 Å². The van der Waals surface area contributed by atoms with Gasteiger partial charge < -0.3 is 11.1 Å². The molecule has 0 bridgehead atoms. The van der Waals surface area contributed by atoms with Gasteiger partial charge in [-0.15, -0.1) is 0 Å². The number of anilines is 1. The smallest absolute Gasteiger partial charge is 0.0391 e. The summed E-state index contributed by atoms with van der Waals surface area (Å²) < 4.78 is 0. The molecule has 16 heavy (non-hydrogen) atoms. The predicted molar refractivity (Wildman–Crippen MR) is 67.7 cm³/mol. The Morgan fingerprint density at radius 3 is 2.62 bits per heavy atom. The summed E-state index contributed by atoms with van der Waals surface area (Å²) >= 11 is 0. The van der Waals surface area contributed by atoms with Crippen molar-refractivity contribution in [3.63, 3.8) is 0 Å². The highest BCUT2D eigenvalue weighted by Crippen LogP contribution is 2.33. The van der Waals surface area contributed by atoms with E-state index in [0.717, 1.165) is 13.0 Å². The predicted octanol–water partition coefficient (Wildman–Crippen LogP) is 2.77. The molecular weight excluding hydrogens is 196 g/mol. The Bertz CT molecular complexity index is 398. The van der Waals surface area contributed by atoms with Gasteiger partial charge in [0.2, 0.25) is 0 Å². The first-order chi connectivity index (χ1) is 7.84. The molecule has 1 aliphatic heterocycles. The van der Waals surface area contributed by atoms with E-state index in [1.54, 1.807) is 11.1 Å². The molecule has 2 aliphatic rings. The van der Waals surface area contributed by atoms with Gasteiger partial charge in [0.1, 0.15) is 0 Å². The Balaban J connectivity index is 2.06. The zero-order valence-electron chi connectivity index (χ0n) is 9.76. The second kappa shape index (κ2) is 4.10. The van der Waals surface area contributed by atoms with E-state index in [4.69, 9.17) is 5.73 Å². The minimum atomic E-state index is 0.234. The fraction of sp³-hybridized carbons (Fsp3) is 0.571. The number of nitrogens with two attached hydrogens (primary N) is 1. The molecule has 2 heteroatoms. The molecule has 1 aliphatic carbocycles. The summed E-state index contributed by atoms with van der Waals surface area (Å²) in [5.41, 5.74) is 12.0. The van der Waals surface area contributed by atoms with Crippen LogP contribution >= 0.6 is 0 Å². The van der Waals surface area contributed by atoms with E-state index >= 15 is 0 Å². The molecule has 1 heterocycles. The number of aryl methyl sites for hydroxylation is 2. The molecule has 2 nitrogen and oxygen atoms in total. The lowest BCUT2D eigenvalue weighted by atomic mass is 9.88. The minimum Gasteiger partial charge on any atom is -0.385 e. The fourth-order valence-electron chi connectivity index (χ4n) is 2.97. The Labute approximate surface area is 97.2 Å². The van der Waals surface area contributed by atoms with Crippen LogP contribution < -0.4 is 11.1 Å². The van der Waals surface area contributed by atoms with Gasteiger partial charge in [-0.1, -0.05) is 6.07 Å². The van der Waals surface area contributed by atoms with Crippen molar-refractivity contribution in [1.29, 1.82) is 0 Å². The second-order valence-electron chi connectivity index (χ2n) is 5.09. The lowest BCUT2D eigenvalue weighted by Crippen LogP contribution is -2.12. The molecule has 3 N–H and O–H groups in total. The van der Waals surface area contributed by atoms with Crippen LogP contribution in [0.25, 0.3) is 0 Å². The van der Waals surface area contributed by atoms with E-state index in [1.165, 1.54) is 43.4 Å². The Hall–Kier alpha value is -1.02. The van der Waals surface area contributed by atoms with Crippen LogP contribution in [0.4, 0.5) is 5.69 Å². The molecule has 1 unspecified atom stereocenters. The molecule has 1 aromatic carbocycles. The van der Waals surface area contributed by atoms with Crippen molar-refractivity contribution in [1.82, 2.24) is 0 Å². The van der Waals surface area contributed by atoms with Crippen molar-refractivity contribution in [2.45, 2.75) is 44.6 Å². The molecule has 0 radical (unpaired) electrons. The van der Waals surface area contributed by atoms with E-state index in [-0.39, 0.29) is 6.04 Å². The molecule has 0 saturated heterocycles. The number of fused-ring (bicyclic) bond motifs is 2. The van der Waals surface area contributed by atoms with Crippen molar-refractivity contribution in [2.75, 3.05) is 11.9 Å². The summed E-state index contributed by atoms with van der Waals surface area (Å²) in [7, 11) is 0. The van der Waals surface area contributed by atoms with E-state index in [2.05, 4.69) is 17.4 Å². The summed E-state index contributed by atoms with van der Waals surface area (Å²) in [6.07, 6.45) is 7.47. The Morgan fingerprint density at radius 2 is 1.81 bits per heavy atom. The van der Waals surface area contributed by atoms with Gasteiger partial charge in [0.15, 0.2) is 0 Å². The quantitative estimate of drug-likeness (QED) is 0.700. The maximum atomic E-state index is 6.24. The third-order valence-corrected chi connectivity index (χ3v) is 3.92. The molecular formula is C14H20N2. The highest BCUT2D eigenvalue weighted by Gasteiger charge is 2.18. The summed E-state index contributed by atoms with van der Waals surface area (Å²) in [4.78, 5) is 0. The van der Waals surface area contributed by atoms with Gasteiger partial charge in [0.05, 0.1) is 0 Å². The highest BCUT2D eigenvalue weighted by molar-refractivity contribution is 5.58. The third kappa shape index (κ3) is 1.71. The average Bonchev–Trinajstić information content (AvgIpc) is 2.49. The van der Waals surface area contributed by atoms with E-state index < -0.39 is 0 Å². The molecule has 0 amide bonds. The van der Waals surface area contributed by atoms with Crippen LogP contribution in [0, 0.1) is 0 Å². The van der Waals surface area contributed by atoms with Crippen molar-refractivity contribution >= 4 is 5.69 Å². The van der Waals surface area contributed by atoms with Crippen LogP contribution in [0.5, 0.6) is 0 Å². The number of benzene rings is 1. The second-order valence-corrected chi connectivity index (χ2v) is 5.09. The van der Waals surface area contributed by atoms with Crippen LogP contribution in [0.1, 0.15) is 48.4 Å². The standard InChI is InChI=1S/C14H20N2/c15-13-6-3-7-16-14-9-11-5-2-1-4-10(11)8-12(13)14/h8-9,13,16H,1-7,15H2. The molecule has 0 aromatic heterocycles. The largest absolute Gasteiger partial charge is 0.385 e. The van der Waals surface area contributed by atoms with E-state index in [0.29, 0.717) is 0 Å². The van der Waals surface area contributed by atoms with Gasteiger partial charge >= 0.3 is 0 Å². The summed E-state index contributed by atoms with van der Waals surface area (Å²) in [5, 5.41) is 3.53. The first-order valence-electron chi connectivity index (χ1n) is 6.50. The normalized spacial score (nSPS) is 23.9. The molecule has 86 valence electrons. The number of hydrogen-bond acceptors (Lipinski definition) is 2. The lowest BCUT2D eigenvalue weighted by Gasteiger charge is -2.21. The van der Waals surface area contributed by atoms with Crippen LogP contribution in [0.15, 0.2) is 12.1 Å². The van der Waals surface area contributed by atoms with Crippen molar-refractivity contribution in [3.8, 4) is 0 Å². The van der Waals surface area contributed by atoms with Gasteiger partial charge in [-0.25, -0.2) is 0 Å². The zero-order valence-corrected chi connectivity index (χ0v) is 9.76. The van der Waals surface area contributed by atoms with Gasteiger partial charge in [-0.05, 0) is 61.3 Å². The van der Waals surface area contributed by atoms with Gasteiger partial charge in [-0.3, -0.25) is 0 Å². The van der Waals surface area contributed by atoms with E-state index in [1.807, 2.05) is 0 Å². The molecule has 0 fully saturated rings. The van der Waals surface area contributed by atoms with Crippen LogP contribution in [0.3, 0.4) is 0 Å². The van der Waals surface area contributed by atoms with Gasteiger partial charge in [0.25, 0.3) is 0 Å². The number of rotatable bonds is 0. The van der Waals surface area contributed by atoms with Crippen LogP contribution in [-0.4, -0.2) is 6.54 Å². The molecule has 0 saturated carbocycles. The summed E-state index contributed by atoms with van der Waals surface area (Å²) in [6, 6.07) is 4.96. The number of nitrogens with one attached hydrogen (secondary N) is 1. The van der Waals surface area contributed by atoms with Crippen molar-refractivity contribution < 1.29 is 0 Å². The topological polar surface area (TPSA) is 38.0 Å². The first kappa shape index (κ1) is 10.2. The SMILES string of the molecule is NC1CCCNc2cc3c(cc21)CCCC3. The highest BCUT2D eigenvalue weighted by atomic mass is 14.9. The maximum absolute atomic E-state index is 6.24. The Morgan fingerprint density at radius 1 is 1.06 bits per heavy atom. The average molecular weight is 216 g/mol. The molecule has 3 rings (SSSR count). The minimum absolute atomic E-state index is 0.234. The monoisotopic (exact) mass is 216 g/mol. The van der Waals surface area contributed by atoms with Crippen LogP contribution in [0.2, 0.25) is 0 Å². The molecule has 0 spiro atoms. The summed E-state index contributed by atoms with van der Waals surface area (Å²) in [5.74, 6) is 0. The van der Waals surface area contributed by atoms with Gasteiger partial charge in [-0.2, -0.15) is 0 Å². The molecule has 1 aromatic rings. The number of hydrogen-bond donors (Lipinski definition) is 2. The first-order valence-corrected chi connectivity index (χ1v) is 6.50. The lowest BCUT2D eigenvalue weighted by molar-refractivity contribution is 0.637. The van der Waals surface area contributed by atoms with E-state index in [9.17, 15) is 0 Å². The summed E-state index contributed by atoms with van der Waals surface area (Å²) in [6.45, 7) is 1.07.